The maximum Gasteiger partial charge on any atom is 0.134 e. The molecule has 1 saturated carbocycles. The predicted octanol–water partition coefficient (Wildman–Crippen LogP) is 4.19. The summed E-state index contributed by atoms with van der Waals surface area (Å²) >= 11 is 3.54. The Kier molecular flexibility index (Phi) is 4.82. The van der Waals surface area contributed by atoms with Crippen molar-refractivity contribution in [2.24, 2.45) is 17.3 Å². The van der Waals surface area contributed by atoms with E-state index in [-0.39, 0.29) is 10.2 Å². The molecule has 1 nitrogen and oxygen atoms in total. The number of hydrogen-bond donors (Lipinski definition) is 0. The van der Waals surface area contributed by atoms with E-state index < -0.39 is 0 Å². The molecule has 15 heavy (non-hydrogen) atoms. The summed E-state index contributed by atoms with van der Waals surface area (Å²) in [5.74, 6) is 1.67. The lowest BCUT2D eigenvalue weighted by Crippen LogP contribution is -2.36. The van der Waals surface area contributed by atoms with E-state index in [0.29, 0.717) is 0 Å². The summed E-state index contributed by atoms with van der Waals surface area (Å²) < 4.78 is 0. The Bertz CT molecular complexity index is 205. The number of halogens is 1. The zero-order valence-electron chi connectivity index (χ0n) is 10.1. The minimum Gasteiger partial charge on any atom is -0.302 e. The van der Waals surface area contributed by atoms with Gasteiger partial charge in [0, 0.05) is 0 Å². The van der Waals surface area contributed by atoms with Crippen LogP contribution in [0, 0.1) is 17.3 Å². The van der Waals surface area contributed by atoms with E-state index >= 15 is 0 Å². The number of carbonyl (C=O) groups is 1. The molecule has 0 aromatic heterocycles. The van der Waals surface area contributed by atoms with Gasteiger partial charge in [-0.05, 0) is 49.4 Å². The van der Waals surface area contributed by atoms with Crippen molar-refractivity contribution in [1.29, 1.82) is 0 Å². The fourth-order valence-corrected chi connectivity index (χ4v) is 3.63. The first-order valence-corrected chi connectivity index (χ1v) is 7.06. The van der Waals surface area contributed by atoms with Gasteiger partial charge in [-0.3, -0.25) is 0 Å². The van der Waals surface area contributed by atoms with Gasteiger partial charge in [0.15, 0.2) is 0 Å². The van der Waals surface area contributed by atoms with E-state index in [9.17, 15) is 4.79 Å². The summed E-state index contributed by atoms with van der Waals surface area (Å²) in [6.07, 6.45) is 7.20. The molecule has 1 rings (SSSR count). The van der Waals surface area contributed by atoms with Gasteiger partial charge in [-0.15, -0.1) is 0 Å². The molecular weight excluding hydrogens is 252 g/mol. The molecule has 2 heteroatoms. The Labute approximate surface area is 102 Å². The summed E-state index contributed by atoms with van der Waals surface area (Å²) in [6.45, 7) is 6.84. The lowest BCUT2D eigenvalue weighted by atomic mass is 9.65. The maximum absolute atomic E-state index is 10.9. The second kappa shape index (κ2) is 5.47. The Morgan fingerprint density at radius 1 is 1.40 bits per heavy atom. The first-order chi connectivity index (χ1) is 7.05. The van der Waals surface area contributed by atoms with Crippen LogP contribution in [0.3, 0.4) is 0 Å². The third-order valence-electron chi connectivity index (χ3n) is 4.38. The minimum atomic E-state index is 0.0584. The van der Waals surface area contributed by atoms with Gasteiger partial charge in [-0.2, -0.15) is 0 Å². The molecule has 0 bridgehead atoms. The van der Waals surface area contributed by atoms with E-state index in [1.807, 2.05) is 0 Å². The van der Waals surface area contributed by atoms with Crippen LogP contribution >= 0.6 is 15.9 Å². The summed E-state index contributed by atoms with van der Waals surface area (Å²) in [7, 11) is 0. The number of carbonyl (C=O) groups excluding carboxylic acids is 1. The van der Waals surface area contributed by atoms with Crippen molar-refractivity contribution < 1.29 is 4.79 Å². The molecule has 0 amide bonds. The summed E-state index contributed by atoms with van der Waals surface area (Å²) in [5, 5.41) is 0. The highest BCUT2D eigenvalue weighted by Gasteiger charge is 2.39. The van der Waals surface area contributed by atoms with Crippen LogP contribution in [-0.4, -0.2) is 11.1 Å². The fourth-order valence-electron chi connectivity index (χ4n) is 2.85. The van der Waals surface area contributed by atoms with Crippen molar-refractivity contribution in [2.45, 2.75) is 57.7 Å². The Morgan fingerprint density at radius 2 is 1.93 bits per heavy atom. The Hall–Kier alpha value is 0.150. The van der Waals surface area contributed by atoms with Gasteiger partial charge >= 0.3 is 0 Å². The van der Waals surface area contributed by atoms with Crippen LogP contribution in [0.2, 0.25) is 0 Å². The van der Waals surface area contributed by atoms with Crippen LogP contribution in [0.4, 0.5) is 0 Å². The predicted molar refractivity (Wildman–Crippen MR) is 68.3 cm³/mol. The van der Waals surface area contributed by atoms with Gasteiger partial charge < -0.3 is 4.79 Å². The lowest BCUT2D eigenvalue weighted by Gasteiger charge is -2.42. The highest BCUT2D eigenvalue weighted by atomic mass is 79.9. The van der Waals surface area contributed by atoms with E-state index in [4.69, 9.17) is 0 Å². The molecule has 0 aromatic rings. The number of rotatable bonds is 4. The molecule has 1 unspecified atom stereocenters. The topological polar surface area (TPSA) is 17.1 Å². The van der Waals surface area contributed by atoms with Crippen LogP contribution < -0.4 is 0 Å². The molecule has 0 saturated heterocycles. The second-order valence-corrected chi connectivity index (χ2v) is 6.32. The molecule has 0 aromatic carbocycles. The van der Waals surface area contributed by atoms with Crippen molar-refractivity contribution >= 4 is 22.2 Å². The molecule has 0 N–H and O–H groups in total. The molecule has 88 valence electrons. The molecule has 0 heterocycles. The van der Waals surface area contributed by atoms with Crippen LogP contribution in [0.15, 0.2) is 0 Å². The van der Waals surface area contributed by atoms with Crippen molar-refractivity contribution in [1.82, 2.24) is 0 Å². The zero-order valence-corrected chi connectivity index (χ0v) is 11.7. The van der Waals surface area contributed by atoms with Gasteiger partial charge in [0.25, 0.3) is 0 Å². The third-order valence-corrected chi connectivity index (χ3v) is 5.56. The molecule has 1 aliphatic rings. The quantitative estimate of drug-likeness (QED) is 0.555. The van der Waals surface area contributed by atoms with Crippen LogP contribution in [0.5, 0.6) is 0 Å². The van der Waals surface area contributed by atoms with Gasteiger partial charge in [0.1, 0.15) is 6.29 Å². The van der Waals surface area contributed by atoms with E-state index in [1.54, 1.807) is 0 Å². The second-order valence-electron chi connectivity index (χ2n) is 5.34. The molecule has 1 aliphatic carbocycles. The first-order valence-electron chi connectivity index (χ1n) is 6.15. The number of alkyl halides is 1. The van der Waals surface area contributed by atoms with Gasteiger partial charge in [-0.25, -0.2) is 0 Å². The standard InChI is InChI=1S/C13H23BrO/c1-4-13(12(14)9-15)7-5-11(6-8-13)10(2)3/h9-12H,4-8H2,1-3H3. The first kappa shape index (κ1) is 13.2. The van der Waals surface area contributed by atoms with E-state index in [0.717, 1.165) is 24.5 Å². The summed E-state index contributed by atoms with van der Waals surface area (Å²) in [4.78, 5) is 11.0. The number of hydrogen-bond acceptors (Lipinski definition) is 1. The van der Waals surface area contributed by atoms with Crippen molar-refractivity contribution in [3.63, 3.8) is 0 Å². The smallest absolute Gasteiger partial charge is 0.134 e. The Morgan fingerprint density at radius 3 is 2.27 bits per heavy atom. The highest BCUT2D eigenvalue weighted by molar-refractivity contribution is 9.10. The van der Waals surface area contributed by atoms with Gasteiger partial charge in [-0.1, -0.05) is 36.7 Å². The molecule has 0 spiro atoms. The minimum absolute atomic E-state index is 0.0584. The van der Waals surface area contributed by atoms with Gasteiger partial charge in [0.05, 0.1) is 4.83 Å². The van der Waals surface area contributed by atoms with Crippen LogP contribution in [0.25, 0.3) is 0 Å². The van der Waals surface area contributed by atoms with E-state index in [2.05, 4.69) is 36.7 Å². The highest BCUT2D eigenvalue weighted by Crippen LogP contribution is 2.47. The van der Waals surface area contributed by atoms with Gasteiger partial charge in [0.2, 0.25) is 0 Å². The molecule has 1 fully saturated rings. The lowest BCUT2D eigenvalue weighted by molar-refractivity contribution is -0.109. The fraction of sp³-hybridized carbons (Fsp3) is 0.923. The zero-order chi connectivity index (χ0) is 11.5. The maximum atomic E-state index is 10.9. The van der Waals surface area contributed by atoms with E-state index in [1.165, 1.54) is 25.7 Å². The van der Waals surface area contributed by atoms with Crippen molar-refractivity contribution in [3.05, 3.63) is 0 Å². The monoisotopic (exact) mass is 274 g/mol. The third kappa shape index (κ3) is 2.83. The molecule has 1 atom stereocenters. The largest absolute Gasteiger partial charge is 0.302 e. The SMILES string of the molecule is CCC1(C(Br)C=O)CCC(C(C)C)CC1. The Balaban J connectivity index is 2.62. The molecule has 0 radical (unpaired) electrons. The van der Waals surface area contributed by atoms with Crippen molar-refractivity contribution in [3.8, 4) is 0 Å². The average molecular weight is 275 g/mol. The van der Waals surface area contributed by atoms with Crippen molar-refractivity contribution in [2.75, 3.05) is 0 Å². The number of aldehydes is 1. The molecule has 0 aliphatic heterocycles. The average Bonchev–Trinajstić information content (AvgIpc) is 2.27. The normalized spacial score (nSPS) is 34.1. The van der Waals surface area contributed by atoms with Crippen LogP contribution in [0.1, 0.15) is 52.9 Å². The molecular formula is C13H23BrO. The summed E-state index contributed by atoms with van der Waals surface area (Å²) in [6, 6.07) is 0. The summed E-state index contributed by atoms with van der Waals surface area (Å²) in [5.41, 5.74) is 0.243. The van der Waals surface area contributed by atoms with Crippen LogP contribution in [-0.2, 0) is 4.79 Å².